The van der Waals surface area contributed by atoms with E-state index >= 15 is 0 Å². The number of furan rings is 1. The predicted molar refractivity (Wildman–Crippen MR) is 461 cm³/mol. The molecule has 0 radical (unpaired) electrons. The Balaban J connectivity index is 0.000000139. The lowest BCUT2D eigenvalue weighted by molar-refractivity contribution is -0.118. The number of nitrogens with one attached hydrogen (secondary N) is 9. The quantitative estimate of drug-likeness (QED) is 0.0241. The average Bonchev–Trinajstić information content (AvgIpc) is 1.67. The number of β-amino-alcohol motifs (C(OH)–C–C–N with tert-alkyl or cyclic N) is 1. The van der Waals surface area contributed by atoms with Gasteiger partial charge in [0.25, 0.3) is 17.7 Å². The molecule has 10 N–H and O–H groups in total. The minimum Gasteiger partial charge on any atom is -0.497 e. The fourth-order valence-electron chi connectivity index (χ4n) is 12.9. The first-order valence-corrected chi connectivity index (χ1v) is 38.6. The van der Waals surface area contributed by atoms with Gasteiger partial charge in [-0.1, -0.05) is 72.8 Å². The van der Waals surface area contributed by atoms with E-state index in [9.17, 15) is 33.1 Å². The van der Waals surface area contributed by atoms with Crippen LogP contribution in [0.5, 0.6) is 40.2 Å². The first-order chi connectivity index (χ1) is 59.0. The van der Waals surface area contributed by atoms with Crippen LogP contribution in [0, 0.1) is 11.6 Å². The number of thiophene rings is 1. The highest BCUT2D eigenvalue weighted by Crippen LogP contribution is 2.37. The third-order valence-electron chi connectivity index (χ3n) is 19.2. The largest absolute Gasteiger partial charge is 0.497 e. The molecule has 0 spiro atoms. The van der Waals surface area contributed by atoms with Crippen molar-refractivity contribution in [2.24, 2.45) is 0 Å². The summed E-state index contributed by atoms with van der Waals surface area (Å²) < 4.78 is 70.9. The molecule has 1 aliphatic heterocycles. The lowest BCUT2D eigenvalue weighted by Gasteiger charge is -2.12. The number of H-pyrrole nitrogens is 4. The number of rotatable bonds is 26. The van der Waals surface area contributed by atoms with Gasteiger partial charge in [0, 0.05) is 35.3 Å². The second kappa shape index (κ2) is 40.2. The van der Waals surface area contributed by atoms with Crippen LogP contribution in [0.4, 0.5) is 14.5 Å². The third-order valence-corrected chi connectivity index (χ3v) is 20.0. The molecule has 8 heterocycles. The summed E-state index contributed by atoms with van der Waals surface area (Å²) in [6.07, 6.45) is 21.0. The molecule has 31 heteroatoms. The summed E-state index contributed by atoms with van der Waals surface area (Å²) in [6.45, 7) is 1.36. The summed E-state index contributed by atoms with van der Waals surface area (Å²) in [4.78, 5) is 59.9. The maximum atomic E-state index is 14.4. The van der Waals surface area contributed by atoms with Gasteiger partial charge in [0.05, 0.1) is 183 Å². The van der Waals surface area contributed by atoms with Crippen molar-refractivity contribution in [1.82, 2.24) is 72.0 Å². The highest BCUT2D eigenvalue weighted by Gasteiger charge is 2.29. The number of aromatic amines is 4. The predicted octanol–water partition coefficient (Wildman–Crippen LogP) is 15.2. The summed E-state index contributed by atoms with van der Waals surface area (Å²) in [7, 11) is 11.0. The van der Waals surface area contributed by atoms with Gasteiger partial charge in [0.2, 0.25) is 5.91 Å². The Morgan fingerprint density at radius 1 is 0.512 bits per heavy atom. The van der Waals surface area contributed by atoms with E-state index in [0.29, 0.717) is 98.2 Å². The zero-order valence-electron chi connectivity index (χ0n) is 66.5. The molecule has 0 aliphatic carbocycles. The molecule has 0 saturated carbocycles. The van der Waals surface area contributed by atoms with Gasteiger partial charge in [-0.2, -0.15) is 20.4 Å². The topological polar surface area (TPSA) is 367 Å². The van der Waals surface area contributed by atoms with E-state index in [1.54, 1.807) is 132 Å². The maximum Gasteiger partial charge on any atom is 0.255 e. The van der Waals surface area contributed by atoms with Crippen molar-refractivity contribution in [3.8, 4) is 40.2 Å². The number of carbonyl (C=O) groups is 4. The first kappa shape index (κ1) is 83.9. The van der Waals surface area contributed by atoms with E-state index in [0.717, 1.165) is 77.6 Å². The van der Waals surface area contributed by atoms with Crippen molar-refractivity contribution in [1.29, 1.82) is 0 Å². The molecule has 8 aromatic carbocycles. The highest BCUT2D eigenvalue weighted by molar-refractivity contribution is 7.09. The van der Waals surface area contributed by atoms with Crippen molar-refractivity contribution in [2.45, 2.75) is 38.2 Å². The number of ether oxygens (including phenoxy) is 7. The molecule has 16 rings (SSSR count). The standard InChI is InChI=1S/C23H21N5O3.C23H21N3O4.C23H21N3O3S.C21H20F2N4O3/c1-30-17-6-3-15(4-7-17)5-9-19-21-20(28-27-19)10-8-18(22(21)31-2)23(29)26-14-16-13-24-11-12-25-16;2*1-28-16-8-5-15(6-9-16)7-11-19-21-20(26-25-19)12-10-18(22(21)29-2)23(27)24-14-17-4-3-13-30-17;1-30-20-5-3-11(6-15(20)23)2-4-16-13-8-18(14(22)9-17(13)27-26-16)25-21(29)19-7-12(28)10-24-19/h3-13H,14H2,1-2H3,(H,26,29)(H,27,28);2*3-13H,14H2,1-2H3,(H,24,27)(H,25,26);2-6,8-9,12,19,24,28H,7,10H2,1H3,(H,25,29)(H,26,27)/b9-5+;2*11-7+;4-2+/t;;;12-,19+/m...1/s1. The molecule has 2 atom stereocenters. The molecule has 28 nitrogen and oxygen atoms in total. The molecule has 1 saturated heterocycles. The zero-order valence-corrected chi connectivity index (χ0v) is 67.3. The van der Waals surface area contributed by atoms with Gasteiger partial charge in [-0.3, -0.25) is 49.5 Å². The van der Waals surface area contributed by atoms with Crippen LogP contribution in [0.25, 0.3) is 92.2 Å². The SMILES string of the molecule is COc1ccc(/C=C/c2[nH]nc3ccc(C(=O)NCc4ccco4)c(OC)c23)cc1.COc1ccc(/C=C/c2[nH]nc3ccc(C(=O)NCc4cccs4)c(OC)c23)cc1.COc1ccc(/C=C/c2[nH]nc3ccc(C(=O)NCc4cnccn4)c(OC)c23)cc1.COc1ccc(/C=C/c2n[nH]c3cc(F)c(NC(=O)[C@@H]4C[C@@H](O)CN4)cc23)cc1F. The van der Waals surface area contributed by atoms with Crippen LogP contribution in [-0.4, -0.2) is 148 Å². The second-order valence-electron chi connectivity index (χ2n) is 26.8. The number of aliphatic hydroxyl groups excluding tert-OH is 1. The Labute approximate surface area is 695 Å². The monoisotopic (exact) mass is 1650 g/mol. The fraction of sp³-hybridized carbons (Fsp3) is 0.156. The Kier molecular flexibility index (Phi) is 27.8. The average molecular weight is 1650 g/mol. The number of fused-ring (bicyclic) bond motifs is 4. The number of anilines is 1. The lowest BCUT2D eigenvalue weighted by Crippen LogP contribution is -2.35. The minimum absolute atomic E-state index is 0.0160. The van der Waals surface area contributed by atoms with Gasteiger partial charge >= 0.3 is 0 Å². The molecular weight excluding hydrogens is 1570 g/mol. The maximum absolute atomic E-state index is 14.4. The van der Waals surface area contributed by atoms with Gasteiger partial charge in [-0.05, 0) is 168 Å². The number of methoxy groups -OCH3 is 7. The number of hydrogen-bond acceptors (Lipinski definition) is 21. The Bertz CT molecular complexity index is 6020. The first-order valence-electron chi connectivity index (χ1n) is 37.7. The molecule has 4 amide bonds. The second-order valence-corrected chi connectivity index (χ2v) is 27.8. The van der Waals surface area contributed by atoms with Gasteiger partial charge < -0.3 is 69.3 Å². The molecule has 1 aliphatic rings. The zero-order chi connectivity index (χ0) is 84.7. The van der Waals surface area contributed by atoms with Crippen LogP contribution in [0.1, 0.15) is 98.9 Å². The van der Waals surface area contributed by atoms with Crippen molar-refractivity contribution >= 4 is 133 Å². The van der Waals surface area contributed by atoms with E-state index in [-0.39, 0.29) is 42.1 Å². The number of amides is 4. The number of carbonyl (C=O) groups excluding carboxylic acids is 4. The molecule has 7 aromatic heterocycles. The van der Waals surface area contributed by atoms with E-state index in [2.05, 4.69) is 77.3 Å². The number of aromatic nitrogens is 10. The molecule has 616 valence electrons. The van der Waals surface area contributed by atoms with Crippen LogP contribution in [0.15, 0.2) is 198 Å². The van der Waals surface area contributed by atoms with Crippen molar-refractivity contribution < 1.29 is 70.6 Å². The summed E-state index contributed by atoms with van der Waals surface area (Å²) in [6, 6.07) is 47.9. The number of benzene rings is 8. The molecule has 121 heavy (non-hydrogen) atoms. The van der Waals surface area contributed by atoms with E-state index in [4.69, 9.17) is 37.6 Å². The van der Waals surface area contributed by atoms with E-state index in [1.807, 2.05) is 133 Å². The van der Waals surface area contributed by atoms with E-state index < -0.39 is 29.7 Å². The molecule has 0 bridgehead atoms. The van der Waals surface area contributed by atoms with Crippen LogP contribution in [0.2, 0.25) is 0 Å². The minimum atomic E-state index is -0.606. The number of aliphatic hydroxyl groups is 1. The van der Waals surface area contributed by atoms with Crippen molar-refractivity contribution in [3.05, 3.63) is 284 Å². The fourth-order valence-corrected chi connectivity index (χ4v) is 13.6. The number of nitrogens with zero attached hydrogens (tertiary/aromatic N) is 6. The van der Waals surface area contributed by atoms with Gasteiger partial charge in [0.15, 0.2) is 11.6 Å². The van der Waals surface area contributed by atoms with E-state index in [1.165, 1.54) is 38.5 Å². The smallest absolute Gasteiger partial charge is 0.255 e. The van der Waals surface area contributed by atoms with Crippen LogP contribution in [-0.2, 0) is 24.4 Å². The molecule has 0 unspecified atom stereocenters. The van der Waals surface area contributed by atoms with Crippen LogP contribution >= 0.6 is 11.3 Å². The molecular formula is C90H83F2N15O13S. The summed E-state index contributed by atoms with van der Waals surface area (Å²) in [5, 5.41) is 57.5. The Hall–Kier alpha value is -15.1. The van der Waals surface area contributed by atoms with Crippen LogP contribution < -0.4 is 59.7 Å². The van der Waals surface area contributed by atoms with Crippen molar-refractivity contribution in [2.75, 3.05) is 61.6 Å². The highest BCUT2D eigenvalue weighted by atomic mass is 32.1. The normalized spacial score (nSPS) is 13.0. The molecule has 1 fully saturated rings. The van der Waals surface area contributed by atoms with Gasteiger partial charge in [-0.25, -0.2) is 8.78 Å². The van der Waals surface area contributed by atoms with Gasteiger partial charge in [-0.15, -0.1) is 11.3 Å². The van der Waals surface area contributed by atoms with Crippen LogP contribution in [0.3, 0.4) is 0 Å². The lowest BCUT2D eigenvalue weighted by atomic mass is 10.1. The molecule has 15 aromatic rings. The van der Waals surface area contributed by atoms with Gasteiger partial charge in [0.1, 0.15) is 46.1 Å². The number of halogens is 2. The summed E-state index contributed by atoms with van der Waals surface area (Å²) >= 11 is 1.61. The Morgan fingerprint density at radius 3 is 1.45 bits per heavy atom. The Morgan fingerprint density at radius 2 is 1.02 bits per heavy atom. The summed E-state index contributed by atoms with van der Waals surface area (Å²) in [5.74, 6) is 2.43. The number of hydrogen-bond donors (Lipinski definition) is 10. The third kappa shape index (κ3) is 20.8. The summed E-state index contributed by atoms with van der Waals surface area (Å²) in [5.41, 5.74) is 11.0. The van der Waals surface area contributed by atoms with Crippen molar-refractivity contribution in [3.63, 3.8) is 0 Å².